The summed E-state index contributed by atoms with van der Waals surface area (Å²) in [6.07, 6.45) is 1.43. The fraction of sp³-hybridized carbons (Fsp3) is 0.381. The summed E-state index contributed by atoms with van der Waals surface area (Å²) in [7, 11) is 0. The van der Waals surface area contributed by atoms with Crippen molar-refractivity contribution in [2.75, 3.05) is 6.61 Å². The Morgan fingerprint density at radius 1 is 1.22 bits per heavy atom. The molecule has 0 spiro atoms. The Bertz CT molecular complexity index is 1060. The second-order valence-electron chi connectivity index (χ2n) is 7.27. The third-order valence-electron chi connectivity index (χ3n) is 4.53. The molecule has 27 heavy (non-hydrogen) atoms. The van der Waals surface area contributed by atoms with Crippen LogP contribution in [0.25, 0.3) is 21.3 Å². The summed E-state index contributed by atoms with van der Waals surface area (Å²) < 4.78 is 6.53. The van der Waals surface area contributed by atoms with Crippen molar-refractivity contribution in [2.24, 2.45) is 5.92 Å². The van der Waals surface area contributed by atoms with Gasteiger partial charge in [-0.3, -0.25) is 14.2 Å². The van der Waals surface area contributed by atoms with E-state index in [-0.39, 0.29) is 18.0 Å². The third-order valence-corrected chi connectivity index (χ3v) is 5.54. The molecule has 2 aromatic heterocycles. The van der Waals surface area contributed by atoms with Gasteiger partial charge in [0.05, 0.1) is 18.3 Å². The lowest BCUT2D eigenvalue weighted by Crippen LogP contribution is -2.26. The predicted molar refractivity (Wildman–Crippen MR) is 109 cm³/mol. The fourth-order valence-electron chi connectivity index (χ4n) is 2.94. The highest BCUT2D eigenvalue weighted by molar-refractivity contribution is 7.19. The molecule has 0 atom stereocenters. The Morgan fingerprint density at radius 3 is 2.63 bits per heavy atom. The Hall–Kier alpha value is -2.47. The molecule has 0 aliphatic carbocycles. The van der Waals surface area contributed by atoms with E-state index in [1.165, 1.54) is 33.4 Å². The van der Waals surface area contributed by atoms with Crippen LogP contribution in [0.2, 0.25) is 0 Å². The molecule has 0 amide bonds. The molecule has 0 radical (unpaired) electrons. The van der Waals surface area contributed by atoms with Crippen LogP contribution in [0.5, 0.6) is 0 Å². The lowest BCUT2D eigenvalue weighted by atomic mass is 9.99. The number of aryl methyl sites for hydroxylation is 3. The Morgan fingerprint density at radius 2 is 1.96 bits per heavy atom. The molecule has 0 saturated carbocycles. The van der Waals surface area contributed by atoms with Gasteiger partial charge < -0.3 is 4.74 Å². The Labute approximate surface area is 162 Å². The number of hydrogen-bond acceptors (Lipinski definition) is 5. The first-order valence-electron chi connectivity index (χ1n) is 8.99. The number of aromatic nitrogens is 2. The minimum absolute atomic E-state index is 0.129. The summed E-state index contributed by atoms with van der Waals surface area (Å²) in [5.41, 5.74) is 4.08. The van der Waals surface area contributed by atoms with Gasteiger partial charge in [0.1, 0.15) is 11.4 Å². The number of ether oxygens (including phenoxy) is 1. The van der Waals surface area contributed by atoms with E-state index in [0.717, 1.165) is 16.0 Å². The first-order valence-corrected chi connectivity index (χ1v) is 9.81. The van der Waals surface area contributed by atoms with Gasteiger partial charge in [-0.15, -0.1) is 11.3 Å². The normalized spacial score (nSPS) is 11.3. The Kier molecular flexibility index (Phi) is 5.46. The third kappa shape index (κ3) is 3.95. The summed E-state index contributed by atoms with van der Waals surface area (Å²) in [4.78, 5) is 31.3. The van der Waals surface area contributed by atoms with Crippen molar-refractivity contribution in [3.63, 3.8) is 0 Å². The van der Waals surface area contributed by atoms with Crippen LogP contribution < -0.4 is 5.56 Å². The molecule has 142 valence electrons. The zero-order valence-corrected chi connectivity index (χ0v) is 17.1. The van der Waals surface area contributed by atoms with Crippen molar-refractivity contribution >= 4 is 27.5 Å². The highest BCUT2D eigenvalue weighted by atomic mass is 32.1. The zero-order valence-electron chi connectivity index (χ0n) is 16.3. The molecule has 0 bridgehead atoms. The molecular formula is C21H24N2O3S. The number of carbonyl (C=O) groups is 1. The number of nitrogens with zero attached hydrogens (tertiary/aromatic N) is 2. The minimum atomic E-state index is -0.424. The van der Waals surface area contributed by atoms with Gasteiger partial charge >= 0.3 is 5.97 Å². The van der Waals surface area contributed by atoms with Gasteiger partial charge in [-0.2, -0.15) is 0 Å². The number of fused-ring (bicyclic) bond motifs is 1. The van der Waals surface area contributed by atoms with Crippen LogP contribution in [0.3, 0.4) is 0 Å². The lowest BCUT2D eigenvalue weighted by Gasteiger charge is -2.09. The van der Waals surface area contributed by atoms with E-state index < -0.39 is 5.97 Å². The van der Waals surface area contributed by atoms with Crippen LogP contribution in [0.1, 0.15) is 29.9 Å². The predicted octanol–water partition coefficient (Wildman–Crippen LogP) is 4.25. The molecule has 1 aromatic carbocycles. The molecule has 0 aliphatic rings. The molecule has 0 N–H and O–H groups in total. The number of carbonyl (C=O) groups excluding carboxylic acids is 1. The zero-order chi connectivity index (χ0) is 19.7. The maximum absolute atomic E-state index is 13.1. The second kappa shape index (κ2) is 7.64. The number of thiophene rings is 1. The number of benzene rings is 1. The number of hydrogen-bond donors (Lipinski definition) is 0. The van der Waals surface area contributed by atoms with Crippen molar-refractivity contribution in [1.29, 1.82) is 0 Å². The summed E-state index contributed by atoms with van der Waals surface area (Å²) >= 11 is 1.50. The largest absolute Gasteiger partial charge is 0.464 e. The molecule has 6 heteroatoms. The lowest BCUT2D eigenvalue weighted by molar-refractivity contribution is -0.145. The summed E-state index contributed by atoms with van der Waals surface area (Å²) in [6.45, 7) is 10.3. The highest BCUT2D eigenvalue weighted by Gasteiger charge is 2.18. The van der Waals surface area contributed by atoms with Crippen LogP contribution in [0, 0.1) is 26.7 Å². The first kappa shape index (κ1) is 19.3. The van der Waals surface area contributed by atoms with Crippen LogP contribution in [0.4, 0.5) is 0 Å². The molecule has 0 saturated heterocycles. The van der Waals surface area contributed by atoms with Gasteiger partial charge in [0.25, 0.3) is 5.56 Å². The van der Waals surface area contributed by atoms with E-state index >= 15 is 0 Å². The van der Waals surface area contributed by atoms with Gasteiger partial charge in [0, 0.05) is 10.4 Å². The topological polar surface area (TPSA) is 61.2 Å². The van der Waals surface area contributed by atoms with Gasteiger partial charge in [0.15, 0.2) is 0 Å². The fourth-order valence-corrected chi connectivity index (χ4v) is 3.94. The number of rotatable bonds is 5. The molecule has 0 aliphatic heterocycles. The van der Waals surface area contributed by atoms with E-state index in [4.69, 9.17) is 4.74 Å². The van der Waals surface area contributed by atoms with Gasteiger partial charge in [-0.25, -0.2) is 4.98 Å². The van der Waals surface area contributed by atoms with Crippen molar-refractivity contribution < 1.29 is 9.53 Å². The molecule has 3 rings (SSSR count). The van der Waals surface area contributed by atoms with Gasteiger partial charge in [-0.1, -0.05) is 32.0 Å². The molecule has 3 aromatic rings. The van der Waals surface area contributed by atoms with E-state index in [2.05, 4.69) is 31.0 Å². The van der Waals surface area contributed by atoms with E-state index in [1.807, 2.05) is 26.8 Å². The van der Waals surface area contributed by atoms with Crippen molar-refractivity contribution in [3.8, 4) is 11.1 Å². The summed E-state index contributed by atoms with van der Waals surface area (Å²) in [6, 6.07) is 6.19. The van der Waals surface area contributed by atoms with Gasteiger partial charge in [0.2, 0.25) is 0 Å². The molecule has 0 fully saturated rings. The number of esters is 1. The maximum atomic E-state index is 13.1. The van der Waals surface area contributed by atoms with Crippen molar-refractivity contribution in [2.45, 2.75) is 41.2 Å². The SMILES string of the molecule is Cc1ccc(-c2c(C)sc3ncn(CC(=O)OCC(C)C)c(=O)c23)cc1C. The van der Waals surface area contributed by atoms with Crippen molar-refractivity contribution in [3.05, 3.63) is 50.9 Å². The van der Waals surface area contributed by atoms with E-state index in [0.29, 0.717) is 16.8 Å². The van der Waals surface area contributed by atoms with Crippen LogP contribution in [0.15, 0.2) is 29.3 Å². The molecular weight excluding hydrogens is 360 g/mol. The summed E-state index contributed by atoms with van der Waals surface area (Å²) in [5.74, 6) is -0.172. The van der Waals surface area contributed by atoms with E-state index in [9.17, 15) is 9.59 Å². The first-order chi connectivity index (χ1) is 12.8. The molecule has 5 nitrogen and oxygen atoms in total. The summed E-state index contributed by atoms with van der Waals surface area (Å²) in [5, 5.41) is 0.569. The Balaban J connectivity index is 2.06. The average molecular weight is 385 g/mol. The quantitative estimate of drug-likeness (QED) is 0.617. The highest BCUT2D eigenvalue weighted by Crippen LogP contribution is 2.36. The van der Waals surface area contributed by atoms with Crippen LogP contribution >= 0.6 is 11.3 Å². The smallest absolute Gasteiger partial charge is 0.326 e. The second-order valence-corrected chi connectivity index (χ2v) is 8.47. The molecule has 2 heterocycles. The molecule has 0 unspecified atom stereocenters. The van der Waals surface area contributed by atoms with Crippen LogP contribution in [-0.2, 0) is 16.1 Å². The standard InChI is InChI=1S/C21H24N2O3S/c1-12(2)10-26-17(24)9-23-11-22-20-19(21(23)25)18(15(5)27-20)16-7-6-13(3)14(4)8-16/h6-8,11-12H,9-10H2,1-5H3. The van der Waals surface area contributed by atoms with Gasteiger partial charge in [-0.05, 0) is 43.4 Å². The van der Waals surface area contributed by atoms with Crippen molar-refractivity contribution in [1.82, 2.24) is 9.55 Å². The van der Waals surface area contributed by atoms with E-state index in [1.54, 1.807) is 0 Å². The average Bonchev–Trinajstić information content (AvgIpc) is 2.95. The van der Waals surface area contributed by atoms with Crippen LogP contribution in [-0.4, -0.2) is 22.1 Å². The minimum Gasteiger partial charge on any atom is -0.464 e. The monoisotopic (exact) mass is 384 g/mol. The maximum Gasteiger partial charge on any atom is 0.326 e.